The quantitative estimate of drug-likeness (QED) is 0.623. The van der Waals surface area contributed by atoms with E-state index in [1.165, 1.54) is 0 Å². The number of para-hydroxylation sites is 1. The van der Waals surface area contributed by atoms with Gasteiger partial charge in [0, 0.05) is 30.3 Å². The Hall–Kier alpha value is -3.15. The molecule has 2 aliphatic carbocycles. The van der Waals surface area contributed by atoms with Gasteiger partial charge in [0.05, 0.1) is 27.8 Å². The second kappa shape index (κ2) is 5.75. The lowest BCUT2D eigenvalue weighted by atomic mass is 9.63. The van der Waals surface area contributed by atoms with Gasteiger partial charge in [-0.3, -0.25) is 4.79 Å². The van der Waals surface area contributed by atoms with Crippen LogP contribution in [0.15, 0.2) is 42.5 Å². The molecular weight excluding hydrogens is 390 g/mol. The molecule has 1 amide bonds. The number of hydrogen-bond donors (Lipinski definition) is 0. The van der Waals surface area contributed by atoms with Crippen molar-refractivity contribution in [1.29, 1.82) is 0 Å². The monoisotopic (exact) mass is 415 g/mol. The molecule has 1 saturated carbocycles. The predicted octanol–water partition coefficient (Wildman–Crippen LogP) is 4.35. The number of aromatic nitrogens is 2. The third-order valence-corrected chi connectivity index (χ3v) is 8.35. The molecule has 158 valence electrons. The van der Waals surface area contributed by atoms with Gasteiger partial charge < -0.3 is 14.4 Å². The molecule has 2 aromatic carbocycles. The summed E-state index contributed by atoms with van der Waals surface area (Å²) in [6.07, 6.45) is 1.68. The molecule has 0 spiro atoms. The first-order chi connectivity index (χ1) is 14.8. The lowest BCUT2D eigenvalue weighted by Gasteiger charge is -2.41. The summed E-state index contributed by atoms with van der Waals surface area (Å²) in [5.41, 5.74) is 2.91. The number of anilines is 1. The van der Waals surface area contributed by atoms with Crippen LogP contribution in [-0.4, -0.2) is 29.7 Å². The second-order valence-electron chi connectivity index (χ2n) is 9.68. The number of fused-ring (bicyclic) bond motifs is 7. The Bertz CT molecular complexity index is 1260. The molecule has 1 fully saturated rings. The van der Waals surface area contributed by atoms with Crippen LogP contribution in [0.5, 0.6) is 11.5 Å². The van der Waals surface area contributed by atoms with Crippen LogP contribution < -0.4 is 14.4 Å². The van der Waals surface area contributed by atoms with Crippen LogP contribution in [0.25, 0.3) is 11.0 Å². The fourth-order valence-corrected chi connectivity index (χ4v) is 6.02. The van der Waals surface area contributed by atoms with E-state index in [9.17, 15) is 4.79 Å². The SMILES string of the molecule is CN(C(=O)C12CCC(C)(c3nc4cc5c(cc4nc31)OCO5)C2(C)C)c1ccccc1. The van der Waals surface area contributed by atoms with Crippen LogP contribution in [0.4, 0.5) is 5.69 Å². The molecule has 3 aliphatic rings. The van der Waals surface area contributed by atoms with Gasteiger partial charge in [-0.2, -0.15) is 0 Å². The summed E-state index contributed by atoms with van der Waals surface area (Å²) in [5, 5.41) is 0. The number of nitrogens with zero attached hydrogens (tertiary/aromatic N) is 3. The maximum atomic E-state index is 14.2. The van der Waals surface area contributed by atoms with Crippen molar-refractivity contribution in [1.82, 2.24) is 9.97 Å². The molecule has 2 unspecified atom stereocenters. The molecule has 6 nitrogen and oxygen atoms in total. The van der Waals surface area contributed by atoms with E-state index in [1.807, 2.05) is 49.5 Å². The molecule has 0 saturated heterocycles. The van der Waals surface area contributed by atoms with Crippen LogP contribution >= 0.6 is 0 Å². The number of amides is 1. The summed E-state index contributed by atoms with van der Waals surface area (Å²) in [5.74, 6) is 1.46. The molecule has 6 heteroatoms. The molecule has 6 rings (SSSR count). The van der Waals surface area contributed by atoms with Gasteiger partial charge in [0.15, 0.2) is 11.5 Å². The highest BCUT2D eigenvalue weighted by Crippen LogP contribution is 2.70. The summed E-state index contributed by atoms with van der Waals surface area (Å²) >= 11 is 0. The third-order valence-electron chi connectivity index (χ3n) is 8.35. The number of likely N-dealkylation sites (N-methyl/N-ethyl adjacent to an activating group) is 1. The van der Waals surface area contributed by atoms with E-state index < -0.39 is 5.41 Å². The number of carbonyl (C=O) groups is 1. The normalized spacial score (nSPS) is 26.8. The van der Waals surface area contributed by atoms with Crippen molar-refractivity contribution in [2.45, 2.75) is 44.4 Å². The zero-order chi connectivity index (χ0) is 21.6. The Balaban J connectivity index is 1.58. The van der Waals surface area contributed by atoms with Gasteiger partial charge in [0.1, 0.15) is 0 Å². The first kappa shape index (κ1) is 18.6. The Morgan fingerprint density at radius 3 is 2.19 bits per heavy atom. The van der Waals surface area contributed by atoms with E-state index in [0.29, 0.717) is 11.5 Å². The minimum Gasteiger partial charge on any atom is -0.454 e. The minimum absolute atomic E-state index is 0.0839. The minimum atomic E-state index is -0.723. The van der Waals surface area contributed by atoms with Gasteiger partial charge in [-0.1, -0.05) is 39.0 Å². The van der Waals surface area contributed by atoms with Gasteiger partial charge in [-0.15, -0.1) is 0 Å². The maximum Gasteiger partial charge on any atom is 0.239 e. The Morgan fingerprint density at radius 1 is 0.935 bits per heavy atom. The molecule has 3 aromatic rings. The van der Waals surface area contributed by atoms with Crippen LogP contribution in [0.3, 0.4) is 0 Å². The number of rotatable bonds is 2. The Kier molecular flexibility index (Phi) is 3.45. The molecule has 2 atom stereocenters. The zero-order valence-corrected chi connectivity index (χ0v) is 18.2. The number of benzene rings is 2. The average molecular weight is 415 g/mol. The van der Waals surface area contributed by atoms with Crippen molar-refractivity contribution in [3.63, 3.8) is 0 Å². The lowest BCUT2D eigenvalue weighted by molar-refractivity contribution is -0.127. The Morgan fingerprint density at radius 2 is 1.55 bits per heavy atom. The molecular formula is C25H25N3O3. The zero-order valence-electron chi connectivity index (χ0n) is 18.2. The fourth-order valence-electron chi connectivity index (χ4n) is 6.02. The van der Waals surface area contributed by atoms with Crippen molar-refractivity contribution < 1.29 is 14.3 Å². The molecule has 1 aromatic heterocycles. The maximum absolute atomic E-state index is 14.2. The molecule has 2 heterocycles. The topological polar surface area (TPSA) is 64.6 Å². The largest absolute Gasteiger partial charge is 0.454 e. The van der Waals surface area contributed by atoms with E-state index in [-0.39, 0.29) is 23.5 Å². The van der Waals surface area contributed by atoms with Crippen molar-refractivity contribution in [2.24, 2.45) is 5.41 Å². The first-order valence-electron chi connectivity index (χ1n) is 10.8. The van der Waals surface area contributed by atoms with Crippen LogP contribution in [0.1, 0.15) is 45.0 Å². The second-order valence-corrected chi connectivity index (χ2v) is 9.68. The van der Waals surface area contributed by atoms with Gasteiger partial charge >= 0.3 is 0 Å². The van der Waals surface area contributed by atoms with Crippen LogP contribution in [0.2, 0.25) is 0 Å². The van der Waals surface area contributed by atoms with Crippen molar-refractivity contribution in [3.8, 4) is 11.5 Å². The van der Waals surface area contributed by atoms with Gasteiger partial charge in [-0.05, 0) is 30.4 Å². The van der Waals surface area contributed by atoms with Crippen LogP contribution in [-0.2, 0) is 15.6 Å². The molecule has 0 radical (unpaired) electrons. The summed E-state index contributed by atoms with van der Waals surface area (Å²) in [6, 6.07) is 13.6. The van der Waals surface area contributed by atoms with E-state index in [0.717, 1.165) is 41.0 Å². The first-order valence-corrected chi connectivity index (χ1v) is 10.8. The highest BCUT2D eigenvalue weighted by atomic mass is 16.7. The Labute approximate surface area is 181 Å². The smallest absolute Gasteiger partial charge is 0.239 e. The number of hydrogen-bond acceptors (Lipinski definition) is 5. The van der Waals surface area contributed by atoms with Crippen molar-refractivity contribution in [3.05, 3.63) is 53.9 Å². The van der Waals surface area contributed by atoms with E-state index >= 15 is 0 Å². The van der Waals surface area contributed by atoms with Crippen LogP contribution in [0, 0.1) is 5.41 Å². The molecule has 31 heavy (non-hydrogen) atoms. The summed E-state index contributed by atoms with van der Waals surface area (Å²) < 4.78 is 11.1. The lowest BCUT2D eigenvalue weighted by Crippen LogP contribution is -2.52. The molecule has 1 aliphatic heterocycles. The van der Waals surface area contributed by atoms with Crippen molar-refractivity contribution >= 4 is 22.6 Å². The predicted molar refractivity (Wildman–Crippen MR) is 118 cm³/mol. The average Bonchev–Trinajstić information content (AvgIpc) is 3.35. The molecule has 0 N–H and O–H groups in total. The van der Waals surface area contributed by atoms with E-state index in [2.05, 4.69) is 20.8 Å². The van der Waals surface area contributed by atoms with Gasteiger partial charge in [-0.25, -0.2) is 9.97 Å². The van der Waals surface area contributed by atoms with Crippen molar-refractivity contribution in [2.75, 3.05) is 18.7 Å². The van der Waals surface area contributed by atoms with E-state index in [4.69, 9.17) is 19.4 Å². The molecule has 2 bridgehead atoms. The van der Waals surface area contributed by atoms with E-state index in [1.54, 1.807) is 4.90 Å². The number of carbonyl (C=O) groups excluding carboxylic acids is 1. The summed E-state index contributed by atoms with van der Waals surface area (Å²) in [7, 11) is 1.86. The van der Waals surface area contributed by atoms with Gasteiger partial charge in [0.25, 0.3) is 0 Å². The summed E-state index contributed by atoms with van der Waals surface area (Å²) in [4.78, 5) is 26.1. The fraction of sp³-hybridized carbons (Fsp3) is 0.400. The standard InChI is InChI=1S/C25H25N3O3/c1-23(2)24(3)10-11-25(23,22(29)28(4)15-8-6-5-7-9-15)21-20(24)26-16-12-18-19(31-14-30-18)13-17(16)27-21/h5-9,12-13H,10-11,14H2,1-4H3. The summed E-state index contributed by atoms with van der Waals surface area (Å²) in [6.45, 7) is 6.86. The third kappa shape index (κ3) is 2.05. The highest BCUT2D eigenvalue weighted by molar-refractivity contribution is 6.03. The van der Waals surface area contributed by atoms with Gasteiger partial charge in [0.2, 0.25) is 12.7 Å². The number of ether oxygens (including phenoxy) is 2. The highest BCUT2D eigenvalue weighted by Gasteiger charge is 2.73.